The van der Waals surface area contributed by atoms with Gasteiger partial charge in [-0.25, -0.2) is 4.39 Å². The van der Waals surface area contributed by atoms with E-state index in [4.69, 9.17) is 0 Å². The minimum Gasteiger partial charge on any atom is -0.505 e. The lowest BCUT2D eigenvalue weighted by Crippen LogP contribution is -2.27. The zero-order valence-electron chi connectivity index (χ0n) is 9.15. The van der Waals surface area contributed by atoms with E-state index in [9.17, 15) is 19.6 Å². The topological polar surface area (TPSA) is 75.4 Å². The van der Waals surface area contributed by atoms with Crippen LogP contribution in [0.1, 0.15) is 30.9 Å². The molecular weight excluding hydrogens is 227 g/mol. The van der Waals surface area contributed by atoms with Crippen molar-refractivity contribution < 1.29 is 14.4 Å². The van der Waals surface area contributed by atoms with E-state index < -0.39 is 16.5 Å². The molecule has 1 unspecified atom stereocenters. The SMILES string of the molecule is O=[N+]([O-])c1cc(F)c(O)c(C2CCCCN2)c1. The molecule has 1 heterocycles. The molecule has 2 rings (SSSR count). The minimum atomic E-state index is -0.943. The summed E-state index contributed by atoms with van der Waals surface area (Å²) in [6, 6.07) is 1.77. The van der Waals surface area contributed by atoms with Crippen LogP contribution in [0.3, 0.4) is 0 Å². The van der Waals surface area contributed by atoms with Crippen LogP contribution in [0.2, 0.25) is 0 Å². The molecule has 1 aromatic carbocycles. The fraction of sp³-hybridized carbons (Fsp3) is 0.455. The molecule has 1 aliphatic rings. The molecule has 5 nitrogen and oxygen atoms in total. The summed E-state index contributed by atoms with van der Waals surface area (Å²) < 4.78 is 13.4. The second-order valence-electron chi connectivity index (χ2n) is 4.13. The van der Waals surface area contributed by atoms with Crippen LogP contribution in [0.4, 0.5) is 10.1 Å². The lowest BCUT2D eigenvalue weighted by Gasteiger charge is -2.24. The Kier molecular flexibility index (Phi) is 3.23. The third-order valence-corrected chi connectivity index (χ3v) is 2.97. The van der Waals surface area contributed by atoms with Crippen molar-refractivity contribution >= 4 is 5.69 Å². The number of aromatic hydroxyl groups is 1. The van der Waals surface area contributed by atoms with Crippen LogP contribution >= 0.6 is 0 Å². The van der Waals surface area contributed by atoms with Crippen LogP contribution in [-0.2, 0) is 0 Å². The monoisotopic (exact) mass is 240 g/mol. The van der Waals surface area contributed by atoms with E-state index in [2.05, 4.69) is 5.32 Å². The summed E-state index contributed by atoms with van der Waals surface area (Å²) in [6.45, 7) is 0.772. The first kappa shape index (κ1) is 11.8. The van der Waals surface area contributed by atoms with Gasteiger partial charge >= 0.3 is 0 Å². The summed E-state index contributed by atoms with van der Waals surface area (Å²) >= 11 is 0. The molecule has 0 radical (unpaired) electrons. The van der Waals surface area contributed by atoms with Gasteiger partial charge in [-0.05, 0) is 19.4 Å². The number of nitrogens with one attached hydrogen (secondary N) is 1. The third-order valence-electron chi connectivity index (χ3n) is 2.97. The number of nitrogens with zero attached hydrogens (tertiary/aromatic N) is 1. The summed E-state index contributed by atoms with van der Waals surface area (Å²) in [4.78, 5) is 9.98. The molecule has 1 aromatic rings. The fourth-order valence-electron chi connectivity index (χ4n) is 2.09. The number of non-ortho nitro benzene ring substituents is 1. The van der Waals surface area contributed by atoms with Gasteiger partial charge < -0.3 is 10.4 Å². The van der Waals surface area contributed by atoms with Gasteiger partial charge in [0.15, 0.2) is 11.6 Å². The quantitative estimate of drug-likeness (QED) is 0.614. The number of halogens is 1. The predicted molar refractivity (Wildman–Crippen MR) is 59.3 cm³/mol. The van der Waals surface area contributed by atoms with Gasteiger partial charge in [0, 0.05) is 17.7 Å². The highest BCUT2D eigenvalue weighted by atomic mass is 19.1. The minimum absolute atomic E-state index is 0.210. The van der Waals surface area contributed by atoms with Crippen molar-refractivity contribution in [1.29, 1.82) is 0 Å². The van der Waals surface area contributed by atoms with Crippen LogP contribution in [0.25, 0.3) is 0 Å². The lowest BCUT2D eigenvalue weighted by atomic mass is 9.96. The van der Waals surface area contributed by atoms with E-state index in [0.717, 1.165) is 31.9 Å². The number of piperidine rings is 1. The highest BCUT2D eigenvalue weighted by Gasteiger charge is 2.23. The molecule has 92 valence electrons. The standard InChI is InChI=1S/C11H13FN2O3/c12-9-6-7(14(16)17)5-8(11(9)15)10-3-1-2-4-13-10/h5-6,10,13,15H,1-4H2. The molecule has 0 aromatic heterocycles. The number of phenols is 1. The summed E-state index contributed by atoms with van der Waals surface area (Å²) in [5.41, 5.74) is -0.0564. The summed E-state index contributed by atoms with van der Waals surface area (Å²) in [5, 5.41) is 23.4. The van der Waals surface area contributed by atoms with Crippen LogP contribution in [0.5, 0.6) is 5.75 Å². The highest BCUT2D eigenvalue weighted by molar-refractivity contribution is 5.46. The Morgan fingerprint density at radius 3 is 2.82 bits per heavy atom. The first-order valence-electron chi connectivity index (χ1n) is 5.50. The van der Waals surface area contributed by atoms with Crippen molar-refractivity contribution in [3.05, 3.63) is 33.6 Å². The Balaban J connectivity index is 2.40. The molecule has 1 atom stereocenters. The number of nitro benzene ring substituents is 1. The normalized spacial score (nSPS) is 20.2. The molecule has 17 heavy (non-hydrogen) atoms. The molecule has 0 bridgehead atoms. The van der Waals surface area contributed by atoms with E-state index >= 15 is 0 Å². The summed E-state index contributed by atoms with van der Waals surface area (Å²) in [6.07, 6.45) is 2.73. The Hall–Kier alpha value is -1.69. The van der Waals surface area contributed by atoms with Crippen LogP contribution in [0, 0.1) is 15.9 Å². The summed E-state index contributed by atoms with van der Waals surface area (Å²) in [7, 11) is 0. The number of hydrogen-bond donors (Lipinski definition) is 2. The van der Waals surface area contributed by atoms with Gasteiger partial charge in [0.2, 0.25) is 0 Å². The zero-order chi connectivity index (χ0) is 12.4. The molecule has 1 fully saturated rings. The van der Waals surface area contributed by atoms with Crippen molar-refractivity contribution in [2.24, 2.45) is 0 Å². The second kappa shape index (κ2) is 4.67. The van der Waals surface area contributed by atoms with Gasteiger partial charge in [0.05, 0.1) is 11.0 Å². The van der Waals surface area contributed by atoms with Gasteiger partial charge in [-0.1, -0.05) is 6.42 Å². The fourth-order valence-corrected chi connectivity index (χ4v) is 2.09. The summed E-state index contributed by atoms with van der Waals surface area (Å²) in [5.74, 6) is -1.43. The van der Waals surface area contributed by atoms with Gasteiger partial charge in [-0.2, -0.15) is 0 Å². The van der Waals surface area contributed by atoms with E-state index in [1.165, 1.54) is 6.07 Å². The maximum atomic E-state index is 13.4. The smallest absolute Gasteiger partial charge is 0.272 e. The van der Waals surface area contributed by atoms with Crippen LogP contribution < -0.4 is 5.32 Å². The zero-order valence-corrected chi connectivity index (χ0v) is 9.15. The Morgan fingerprint density at radius 2 is 2.24 bits per heavy atom. The van der Waals surface area contributed by atoms with Crippen molar-refractivity contribution in [3.63, 3.8) is 0 Å². The Labute approximate surface area is 97.4 Å². The largest absolute Gasteiger partial charge is 0.505 e. The number of rotatable bonds is 2. The van der Waals surface area contributed by atoms with Gasteiger partial charge in [0.1, 0.15) is 0 Å². The third kappa shape index (κ3) is 2.36. The van der Waals surface area contributed by atoms with E-state index in [1.807, 2.05) is 0 Å². The van der Waals surface area contributed by atoms with Gasteiger partial charge in [-0.3, -0.25) is 10.1 Å². The van der Waals surface area contributed by atoms with E-state index in [-0.39, 0.29) is 17.3 Å². The number of phenolic OH excluding ortho intramolecular Hbond substituents is 1. The molecule has 0 amide bonds. The van der Waals surface area contributed by atoms with Crippen LogP contribution in [-0.4, -0.2) is 16.6 Å². The molecule has 1 aliphatic heterocycles. The second-order valence-corrected chi connectivity index (χ2v) is 4.13. The number of nitro groups is 1. The van der Waals surface area contributed by atoms with E-state index in [1.54, 1.807) is 0 Å². The Morgan fingerprint density at radius 1 is 1.47 bits per heavy atom. The predicted octanol–water partition coefficient (Wildman–Crippen LogP) is 2.25. The maximum absolute atomic E-state index is 13.4. The average Bonchev–Trinajstić information content (AvgIpc) is 2.33. The maximum Gasteiger partial charge on any atom is 0.272 e. The molecule has 0 saturated carbocycles. The van der Waals surface area contributed by atoms with Crippen molar-refractivity contribution in [2.45, 2.75) is 25.3 Å². The molecule has 6 heteroatoms. The molecule has 0 aliphatic carbocycles. The first-order valence-corrected chi connectivity index (χ1v) is 5.50. The lowest BCUT2D eigenvalue weighted by molar-refractivity contribution is -0.385. The number of benzene rings is 1. The highest BCUT2D eigenvalue weighted by Crippen LogP contribution is 2.34. The first-order chi connectivity index (χ1) is 8.09. The van der Waals surface area contributed by atoms with Gasteiger partial charge in [0.25, 0.3) is 5.69 Å². The number of hydrogen-bond acceptors (Lipinski definition) is 4. The Bertz CT molecular complexity index is 445. The van der Waals surface area contributed by atoms with Crippen molar-refractivity contribution in [2.75, 3.05) is 6.54 Å². The molecule has 0 spiro atoms. The average molecular weight is 240 g/mol. The van der Waals surface area contributed by atoms with Crippen molar-refractivity contribution in [1.82, 2.24) is 5.32 Å². The molecule has 1 saturated heterocycles. The van der Waals surface area contributed by atoms with Gasteiger partial charge in [-0.15, -0.1) is 0 Å². The van der Waals surface area contributed by atoms with Crippen LogP contribution in [0.15, 0.2) is 12.1 Å². The van der Waals surface area contributed by atoms with Crippen molar-refractivity contribution in [3.8, 4) is 5.75 Å². The van der Waals surface area contributed by atoms with E-state index in [0.29, 0.717) is 0 Å². The molecule has 2 N–H and O–H groups in total. The molecular formula is C11H13FN2O3.